The molecule has 0 amide bonds. The molecule has 10 heavy (non-hydrogen) atoms. The lowest BCUT2D eigenvalue weighted by Gasteiger charge is -2.07. The smallest absolute Gasteiger partial charge is 0.461 e. The van der Waals surface area contributed by atoms with Gasteiger partial charge in [0.25, 0.3) is 0 Å². The SMILES string of the molecule is C=CC(=O)OCCN(C)C.[H+]. The van der Waals surface area contributed by atoms with E-state index in [1.165, 1.54) is 0 Å². The van der Waals surface area contributed by atoms with E-state index in [1.54, 1.807) is 0 Å². The lowest BCUT2D eigenvalue weighted by molar-refractivity contribution is -0.137. The molecule has 0 atom stereocenters. The Labute approximate surface area is 62.8 Å². The Balaban J connectivity index is 0. The molecule has 0 aliphatic heterocycles. The Kier molecular flexibility index (Phi) is 4.58. The zero-order valence-electron chi connectivity index (χ0n) is 7.46. The summed E-state index contributed by atoms with van der Waals surface area (Å²) < 4.78 is 4.70. The highest BCUT2D eigenvalue weighted by atomic mass is 16.5. The third-order valence-electron chi connectivity index (χ3n) is 0.949. The van der Waals surface area contributed by atoms with E-state index in [1.807, 2.05) is 19.0 Å². The van der Waals surface area contributed by atoms with E-state index in [0.29, 0.717) is 6.61 Å². The van der Waals surface area contributed by atoms with Gasteiger partial charge in [0.05, 0.1) is 0 Å². The van der Waals surface area contributed by atoms with Gasteiger partial charge in [-0.05, 0) is 14.1 Å². The normalized spacial score (nSPS) is 9.50. The largest absolute Gasteiger partial charge is 1.00 e. The molecular weight excluding hydrogens is 130 g/mol. The van der Waals surface area contributed by atoms with Crippen LogP contribution in [0.1, 0.15) is 1.43 Å². The summed E-state index contributed by atoms with van der Waals surface area (Å²) in [7, 11) is 3.84. The average Bonchev–Trinajstić information content (AvgIpc) is 1.87. The van der Waals surface area contributed by atoms with Crippen LogP contribution in [0, 0.1) is 0 Å². The number of nitrogens with zero attached hydrogens (tertiary/aromatic N) is 1. The molecule has 3 nitrogen and oxygen atoms in total. The van der Waals surface area contributed by atoms with E-state index >= 15 is 0 Å². The van der Waals surface area contributed by atoms with Gasteiger partial charge in [0, 0.05) is 12.6 Å². The minimum atomic E-state index is -0.359. The molecule has 0 spiro atoms. The van der Waals surface area contributed by atoms with Gasteiger partial charge in [-0.3, -0.25) is 0 Å². The molecule has 0 bridgehead atoms. The average molecular weight is 144 g/mol. The molecule has 0 aromatic rings. The van der Waals surface area contributed by atoms with Gasteiger partial charge in [-0.25, -0.2) is 4.79 Å². The van der Waals surface area contributed by atoms with Crippen LogP contribution in [-0.4, -0.2) is 38.1 Å². The molecule has 0 radical (unpaired) electrons. The van der Waals surface area contributed by atoms with Crippen molar-refractivity contribution >= 4 is 5.97 Å². The van der Waals surface area contributed by atoms with Crippen LogP contribution in [0.15, 0.2) is 12.7 Å². The number of ether oxygens (including phenoxy) is 1. The van der Waals surface area contributed by atoms with E-state index in [2.05, 4.69) is 6.58 Å². The summed E-state index contributed by atoms with van der Waals surface area (Å²) in [6.07, 6.45) is 1.16. The molecule has 0 aliphatic rings. The molecule has 0 unspecified atom stereocenters. The predicted molar refractivity (Wildman–Crippen MR) is 40.8 cm³/mol. The highest BCUT2D eigenvalue weighted by Crippen LogP contribution is 1.80. The molecular formula is C7H14NO2+. The Morgan fingerprint density at radius 2 is 2.40 bits per heavy atom. The second-order valence-electron chi connectivity index (χ2n) is 2.17. The van der Waals surface area contributed by atoms with Gasteiger partial charge in [0.2, 0.25) is 0 Å². The Morgan fingerprint density at radius 3 is 2.80 bits per heavy atom. The summed E-state index contributed by atoms with van der Waals surface area (Å²) in [5.41, 5.74) is 0. The molecule has 0 aliphatic carbocycles. The molecule has 0 saturated heterocycles. The predicted octanol–water partition coefficient (Wildman–Crippen LogP) is 0.390. The van der Waals surface area contributed by atoms with E-state index in [0.717, 1.165) is 12.6 Å². The Morgan fingerprint density at radius 1 is 1.80 bits per heavy atom. The fourth-order valence-electron chi connectivity index (χ4n) is 0.388. The highest BCUT2D eigenvalue weighted by Gasteiger charge is 1.94. The second kappa shape index (κ2) is 4.99. The van der Waals surface area contributed by atoms with Crippen molar-refractivity contribution in [1.82, 2.24) is 4.90 Å². The zero-order chi connectivity index (χ0) is 7.98. The fraction of sp³-hybridized carbons (Fsp3) is 0.571. The lowest BCUT2D eigenvalue weighted by Crippen LogP contribution is -2.19. The number of carbonyl (C=O) groups is 1. The van der Waals surface area contributed by atoms with Crippen molar-refractivity contribution < 1.29 is 11.0 Å². The monoisotopic (exact) mass is 144 g/mol. The van der Waals surface area contributed by atoms with Gasteiger partial charge in [0.1, 0.15) is 6.61 Å². The van der Waals surface area contributed by atoms with Crippen molar-refractivity contribution in [2.45, 2.75) is 0 Å². The van der Waals surface area contributed by atoms with E-state index in [9.17, 15) is 4.79 Å². The maximum absolute atomic E-state index is 10.4. The fourth-order valence-corrected chi connectivity index (χ4v) is 0.388. The van der Waals surface area contributed by atoms with Crippen LogP contribution < -0.4 is 0 Å². The standard InChI is InChI=1S/C7H13NO2/c1-4-7(9)10-6-5-8(2)3/h4H,1,5-6H2,2-3H3/p+1. The summed E-state index contributed by atoms with van der Waals surface area (Å²) in [6, 6.07) is 0. The highest BCUT2D eigenvalue weighted by molar-refractivity contribution is 5.81. The van der Waals surface area contributed by atoms with Crippen LogP contribution >= 0.6 is 0 Å². The zero-order valence-corrected chi connectivity index (χ0v) is 6.46. The van der Waals surface area contributed by atoms with Crippen molar-refractivity contribution in [2.24, 2.45) is 0 Å². The van der Waals surface area contributed by atoms with E-state index < -0.39 is 0 Å². The van der Waals surface area contributed by atoms with Crippen molar-refractivity contribution in [3.05, 3.63) is 12.7 Å². The van der Waals surface area contributed by atoms with Crippen molar-refractivity contribution in [1.29, 1.82) is 0 Å². The second-order valence-corrected chi connectivity index (χ2v) is 2.17. The minimum Gasteiger partial charge on any atom is -0.461 e. The Hall–Kier alpha value is -0.830. The molecule has 0 heterocycles. The summed E-state index contributed by atoms with van der Waals surface area (Å²) in [4.78, 5) is 12.4. The molecule has 0 rings (SSSR count). The van der Waals surface area contributed by atoms with Crippen molar-refractivity contribution in [2.75, 3.05) is 27.2 Å². The van der Waals surface area contributed by atoms with E-state index in [4.69, 9.17) is 4.74 Å². The first-order valence-electron chi connectivity index (χ1n) is 3.10. The van der Waals surface area contributed by atoms with Gasteiger partial charge in [0.15, 0.2) is 0 Å². The van der Waals surface area contributed by atoms with Crippen molar-refractivity contribution in [3.8, 4) is 0 Å². The number of esters is 1. The summed E-state index contributed by atoms with van der Waals surface area (Å²) in [6.45, 7) is 4.45. The molecule has 0 N–H and O–H groups in total. The van der Waals surface area contributed by atoms with Gasteiger partial charge in [-0.15, -0.1) is 0 Å². The number of carbonyl (C=O) groups excluding carboxylic acids is 1. The summed E-state index contributed by atoms with van der Waals surface area (Å²) >= 11 is 0. The van der Waals surface area contributed by atoms with Gasteiger partial charge in [-0.1, -0.05) is 6.58 Å². The maximum atomic E-state index is 10.4. The maximum Gasteiger partial charge on any atom is 1.00 e. The number of hydrogen-bond acceptors (Lipinski definition) is 3. The molecule has 3 heteroatoms. The van der Waals surface area contributed by atoms with Gasteiger partial charge >= 0.3 is 7.40 Å². The van der Waals surface area contributed by atoms with Gasteiger partial charge in [-0.2, -0.15) is 0 Å². The minimum absolute atomic E-state index is 0. The van der Waals surface area contributed by atoms with Gasteiger partial charge < -0.3 is 9.64 Å². The lowest BCUT2D eigenvalue weighted by atomic mass is 10.6. The Bertz CT molecular complexity index is 126. The number of hydrogen-bond donors (Lipinski definition) is 0. The third-order valence-corrected chi connectivity index (χ3v) is 0.949. The van der Waals surface area contributed by atoms with Crippen LogP contribution in [0.4, 0.5) is 0 Å². The molecule has 0 fully saturated rings. The third kappa shape index (κ3) is 5.31. The topological polar surface area (TPSA) is 29.5 Å². The van der Waals surface area contributed by atoms with E-state index in [-0.39, 0.29) is 7.40 Å². The van der Waals surface area contributed by atoms with Crippen LogP contribution in [0.3, 0.4) is 0 Å². The van der Waals surface area contributed by atoms with Crippen LogP contribution in [-0.2, 0) is 9.53 Å². The summed E-state index contributed by atoms with van der Waals surface area (Å²) in [5.74, 6) is -0.359. The first-order valence-corrected chi connectivity index (χ1v) is 3.10. The molecule has 0 saturated carbocycles. The molecule has 0 aromatic heterocycles. The molecule has 58 valence electrons. The van der Waals surface area contributed by atoms with Crippen LogP contribution in [0.2, 0.25) is 0 Å². The number of likely N-dealkylation sites (N-methyl/N-ethyl adjacent to an activating group) is 1. The first-order chi connectivity index (χ1) is 4.66. The van der Waals surface area contributed by atoms with Crippen molar-refractivity contribution in [3.63, 3.8) is 0 Å². The quantitative estimate of drug-likeness (QED) is 0.422. The number of rotatable bonds is 4. The summed E-state index contributed by atoms with van der Waals surface area (Å²) in [5, 5.41) is 0. The van der Waals surface area contributed by atoms with Crippen LogP contribution in [0.5, 0.6) is 0 Å². The molecule has 0 aromatic carbocycles. The van der Waals surface area contributed by atoms with Crippen LogP contribution in [0.25, 0.3) is 0 Å². The first kappa shape index (κ1) is 9.17.